The molecule has 2 nitrogen and oxygen atoms in total. The first-order valence-corrected chi connectivity index (χ1v) is 6.19. The number of carbonyl (C=O) groups is 1. The normalized spacial score (nSPS) is 10.6. The van der Waals surface area contributed by atoms with Crippen LogP contribution in [0.15, 0.2) is 54.6 Å². The van der Waals surface area contributed by atoms with Crippen molar-refractivity contribution >= 4 is 23.6 Å². The number of esters is 1. The van der Waals surface area contributed by atoms with Gasteiger partial charge in [0.15, 0.2) is 0 Å². The third kappa shape index (κ3) is 3.70. The molecule has 0 aliphatic rings. The summed E-state index contributed by atoms with van der Waals surface area (Å²) in [4.78, 5) is 11.0. The quantitative estimate of drug-likeness (QED) is 0.618. The number of carbonyl (C=O) groups excluding carboxylic acids is 1. The second kappa shape index (κ2) is 6.21. The van der Waals surface area contributed by atoms with Crippen LogP contribution in [0.25, 0.3) is 17.2 Å². The maximum atomic E-state index is 11.0. The van der Waals surface area contributed by atoms with Crippen LogP contribution in [0.2, 0.25) is 5.02 Å². The van der Waals surface area contributed by atoms with E-state index < -0.39 is 0 Å². The van der Waals surface area contributed by atoms with E-state index in [1.165, 1.54) is 13.2 Å². The molecule has 2 aromatic carbocycles. The van der Waals surface area contributed by atoms with E-state index in [2.05, 4.69) is 4.74 Å². The fraction of sp³-hybridized carbons (Fsp3) is 0.0625. The Morgan fingerprint density at radius 2 is 1.53 bits per heavy atom. The summed E-state index contributed by atoms with van der Waals surface area (Å²) in [6.07, 6.45) is 3.12. The molecule has 0 unspecified atom stereocenters. The summed E-state index contributed by atoms with van der Waals surface area (Å²) in [6.45, 7) is 0. The fourth-order valence-corrected chi connectivity index (χ4v) is 1.79. The van der Waals surface area contributed by atoms with Gasteiger partial charge < -0.3 is 4.74 Å². The van der Waals surface area contributed by atoms with Gasteiger partial charge in [0, 0.05) is 11.1 Å². The van der Waals surface area contributed by atoms with Gasteiger partial charge in [-0.1, -0.05) is 48.0 Å². The van der Waals surface area contributed by atoms with Crippen LogP contribution in [-0.4, -0.2) is 13.1 Å². The molecule has 0 spiro atoms. The van der Waals surface area contributed by atoms with Gasteiger partial charge >= 0.3 is 5.97 Å². The second-order valence-electron chi connectivity index (χ2n) is 3.99. The third-order valence-corrected chi connectivity index (χ3v) is 2.95. The molecule has 0 radical (unpaired) electrons. The molecular weight excluding hydrogens is 260 g/mol. The van der Waals surface area contributed by atoms with Crippen molar-refractivity contribution < 1.29 is 9.53 Å². The van der Waals surface area contributed by atoms with Gasteiger partial charge in [-0.05, 0) is 34.9 Å². The fourth-order valence-electron chi connectivity index (χ4n) is 1.66. The van der Waals surface area contributed by atoms with Crippen molar-refractivity contribution in [3.05, 3.63) is 65.2 Å². The Bertz CT molecular complexity index is 583. The van der Waals surface area contributed by atoms with Gasteiger partial charge in [0.2, 0.25) is 0 Å². The molecule has 0 amide bonds. The lowest BCUT2D eigenvalue weighted by Crippen LogP contribution is -1.93. The second-order valence-corrected chi connectivity index (χ2v) is 4.42. The summed E-state index contributed by atoms with van der Waals surface area (Å²) in [5, 5.41) is 0.724. The number of rotatable bonds is 3. The molecule has 0 saturated carbocycles. The van der Waals surface area contributed by atoms with Crippen molar-refractivity contribution in [3.8, 4) is 11.1 Å². The van der Waals surface area contributed by atoms with Gasteiger partial charge in [-0.2, -0.15) is 0 Å². The highest BCUT2D eigenvalue weighted by atomic mass is 35.5. The molecule has 2 aromatic rings. The summed E-state index contributed by atoms with van der Waals surface area (Å²) < 4.78 is 4.54. The molecule has 0 aliphatic carbocycles. The summed E-state index contributed by atoms with van der Waals surface area (Å²) in [7, 11) is 1.36. The Labute approximate surface area is 117 Å². The topological polar surface area (TPSA) is 26.3 Å². The predicted octanol–water partition coefficient (Wildman–Crippen LogP) is 4.19. The molecule has 0 atom stereocenters. The molecule has 0 heterocycles. The van der Waals surface area contributed by atoms with Crippen molar-refractivity contribution in [2.45, 2.75) is 0 Å². The van der Waals surface area contributed by atoms with Gasteiger partial charge in [0.25, 0.3) is 0 Å². The number of ether oxygens (including phenoxy) is 1. The lowest BCUT2D eigenvalue weighted by atomic mass is 10.0. The largest absolute Gasteiger partial charge is 0.466 e. The Morgan fingerprint density at radius 3 is 2.05 bits per heavy atom. The van der Waals surface area contributed by atoms with Gasteiger partial charge in [-0.3, -0.25) is 0 Å². The summed E-state index contributed by atoms with van der Waals surface area (Å²) in [5.74, 6) is -0.359. The molecule has 0 saturated heterocycles. The van der Waals surface area contributed by atoms with E-state index in [0.29, 0.717) is 0 Å². The zero-order valence-electron chi connectivity index (χ0n) is 10.5. The Hall–Kier alpha value is -2.06. The summed E-state index contributed by atoms with van der Waals surface area (Å²) in [6, 6.07) is 15.6. The maximum absolute atomic E-state index is 11.0. The van der Waals surface area contributed by atoms with Crippen molar-refractivity contribution in [2.24, 2.45) is 0 Å². The van der Waals surface area contributed by atoms with Crippen molar-refractivity contribution in [1.29, 1.82) is 0 Å². The van der Waals surface area contributed by atoms with Crippen LogP contribution in [0, 0.1) is 0 Å². The van der Waals surface area contributed by atoms with E-state index in [0.717, 1.165) is 21.7 Å². The number of methoxy groups -OCH3 is 1. The highest BCUT2D eigenvalue weighted by Crippen LogP contribution is 2.22. The minimum Gasteiger partial charge on any atom is -0.466 e. The molecule has 0 N–H and O–H groups in total. The minimum absolute atomic E-state index is 0.359. The summed E-state index contributed by atoms with van der Waals surface area (Å²) >= 11 is 5.86. The molecule has 3 heteroatoms. The third-order valence-electron chi connectivity index (χ3n) is 2.70. The molecular formula is C16H13ClO2. The smallest absolute Gasteiger partial charge is 0.330 e. The van der Waals surface area contributed by atoms with Crippen molar-refractivity contribution in [2.75, 3.05) is 7.11 Å². The number of halogens is 1. The molecule has 2 rings (SSSR count). The molecule has 96 valence electrons. The van der Waals surface area contributed by atoms with E-state index in [9.17, 15) is 4.79 Å². The first-order valence-electron chi connectivity index (χ1n) is 5.81. The zero-order chi connectivity index (χ0) is 13.7. The van der Waals surface area contributed by atoms with E-state index in [-0.39, 0.29) is 5.97 Å². The zero-order valence-corrected chi connectivity index (χ0v) is 11.2. The highest BCUT2D eigenvalue weighted by molar-refractivity contribution is 6.30. The van der Waals surface area contributed by atoms with Gasteiger partial charge in [-0.15, -0.1) is 0 Å². The van der Waals surface area contributed by atoms with E-state index >= 15 is 0 Å². The van der Waals surface area contributed by atoms with E-state index in [1.807, 2.05) is 48.5 Å². The molecule has 0 aromatic heterocycles. The lowest BCUT2D eigenvalue weighted by molar-refractivity contribution is -0.134. The Morgan fingerprint density at radius 1 is 1.00 bits per heavy atom. The minimum atomic E-state index is -0.359. The summed E-state index contributed by atoms with van der Waals surface area (Å²) in [5.41, 5.74) is 3.16. The Balaban J connectivity index is 2.16. The van der Waals surface area contributed by atoms with Crippen LogP contribution < -0.4 is 0 Å². The average Bonchev–Trinajstić information content (AvgIpc) is 2.46. The highest BCUT2D eigenvalue weighted by Gasteiger charge is 1.98. The van der Waals surface area contributed by atoms with Crippen LogP contribution in [0.1, 0.15) is 5.56 Å². The number of benzene rings is 2. The molecule has 0 bridgehead atoms. The van der Waals surface area contributed by atoms with Crippen LogP contribution in [0.5, 0.6) is 0 Å². The standard InChI is InChI=1S/C16H13ClO2/c1-19-16(18)11-4-12-2-5-13(6-3-12)14-7-9-15(17)10-8-14/h2-11H,1H3/b11-4+. The molecule has 19 heavy (non-hydrogen) atoms. The van der Waals surface area contributed by atoms with E-state index in [4.69, 9.17) is 11.6 Å². The number of hydrogen-bond donors (Lipinski definition) is 0. The van der Waals surface area contributed by atoms with Crippen molar-refractivity contribution in [3.63, 3.8) is 0 Å². The van der Waals surface area contributed by atoms with Crippen LogP contribution in [-0.2, 0) is 9.53 Å². The Kier molecular flexibility index (Phi) is 4.37. The van der Waals surface area contributed by atoms with Crippen LogP contribution in [0.4, 0.5) is 0 Å². The SMILES string of the molecule is COC(=O)/C=C/c1ccc(-c2ccc(Cl)cc2)cc1. The van der Waals surface area contributed by atoms with Gasteiger partial charge in [0.1, 0.15) is 0 Å². The maximum Gasteiger partial charge on any atom is 0.330 e. The van der Waals surface area contributed by atoms with Crippen molar-refractivity contribution in [1.82, 2.24) is 0 Å². The first kappa shape index (κ1) is 13.4. The molecule has 0 fully saturated rings. The van der Waals surface area contributed by atoms with Gasteiger partial charge in [-0.25, -0.2) is 4.79 Å². The van der Waals surface area contributed by atoms with Crippen LogP contribution >= 0.6 is 11.6 Å². The van der Waals surface area contributed by atoms with Gasteiger partial charge in [0.05, 0.1) is 7.11 Å². The first-order chi connectivity index (χ1) is 9.19. The number of hydrogen-bond acceptors (Lipinski definition) is 2. The lowest BCUT2D eigenvalue weighted by Gasteiger charge is -2.02. The van der Waals surface area contributed by atoms with Crippen LogP contribution in [0.3, 0.4) is 0 Å². The average molecular weight is 273 g/mol. The van der Waals surface area contributed by atoms with E-state index in [1.54, 1.807) is 6.08 Å². The predicted molar refractivity (Wildman–Crippen MR) is 77.9 cm³/mol. The monoisotopic (exact) mass is 272 g/mol. The molecule has 0 aliphatic heterocycles.